The summed E-state index contributed by atoms with van der Waals surface area (Å²) in [5, 5.41) is 0. The molecule has 3 aromatic carbocycles. The molecule has 0 aliphatic carbocycles. The summed E-state index contributed by atoms with van der Waals surface area (Å²) in [7, 11) is 0. The Balaban J connectivity index is 1.48. The maximum absolute atomic E-state index is 12.0. The summed E-state index contributed by atoms with van der Waals surface area (Å²) in [5.74, 6) is -0.135. The number of unbranched alkanes of at least 4 members (excludes halogenated alkanes) is 6. The van der Waals surface area contributed by atoms with Gasteiger partial charge in [-0.05, 0) is 23.1 Å². The lowest BCUT2D eigenvalue weighted by molar-refractivity contribution is -0.145. The van der Waals surface area contributed by atoms with Crippen molar-refractivity contribution in [1.29, 1.82) is 0 Å². The minimum Gasteiger partial charge on any atom is -0.463 e. The summed E-state index contributed by atoms with van der Waals surface area (Å²) in [6.07, 6.45) is 8.81. The van der Waals surface area contributed by atoms with Gasteiger partial charge in [-0.3, -0.25) is 4.79 Å². The average Bonchev–Trinajstić information content (AvgIpc) is 2.95. The van der Waals surface area contributed by atoms with Gasteiger partial charge in [-0.15, -0.1) is 0 Å². The first-order valence-corrected chi connectivity index (χ1v) is 13.8. The van der Waals surface area contributed by atoms with E-state index in [2.05, 4.69) is 43.3 Å². The lowest BCUT2D eigenvalue weighted by Gasteiger charge is -2.36. The van der Waals surface area contributed by atoms with E-state index >= 15 is 0 Å². The molecule has 0 fully saturated rings. The van der Waals surface area contributed by atoms with Gasteiger partial charge in [0.05, 0.1) is 19.8 Å². The molecule has 0 aromatic heterocycles. The molecule has 0 amide bonds. The van der Waals surface area contributed by atoms with Crippen molar-refractivity contribution in [3.63, 3.8) is 0 Å². The molecule has 3 aromatic rings. The molecule has 0 N–H and O–H groups in total. The first-order chi connectivity index (χ1) is 18.3. The Kier molecular flexibility index (Phi) is 12.9. The molecule has 198 valence electrons. The highest BCUT2D eigenvalue weighted by atomic mass is 16.6. The number of esters is 1. The highest BCUT2D eigenvalue weighted by Gasteiger charge is 2.37. The van der Waals surface area contributed by atoms with E-state index in [0.717, 1.165) is 29.5 Å². The highest BCUT2D eigenvalue weighted by molar-refractivity contribution is 5.69. The van der Waals surface area contributed by atoms with Gasteiger partial charge in [0.1, 0.15) is 12.2 Å². The van der Waals surface area contributed by atoms with Gasteiger partial charge < -0.3 is 14.2 Å². The van der Waals surface area contributed by atoms with Crippen molar-refractivity contribution in [3.05, 3.63) is 108 Å². The Morgan fingerprint density at radius 2 is 1.05 bits per heavy atom. The van der Waals surface area contributed by atoms with Crippen LogP contribution in [0.5, 0.6) is 0 Å². The van der Waals surface area contributed by atoms with E-state index in [0.29, 0.717) is 26.2 Å². The monoisotopic (exact) mass is 502 g/mol. The van der Waals surface area contributed by atoms with Crippen molar-refractivity contribution in [2.24, 2.45) is 0 Å². The lowest BCUT2D eigenvalue weighted by Crippen LogP contribution is -2.34. The molecule has 0 bridgehead atoms. The van der Waals surface area contributed by atoms with E-state index < -0.39 is 5.60 Å². The second-order valence-corrected chi connectivity index (χ2v) is 9.33. The molecule has 0 heterocycles. The fourth-order valence-electron chi connectivity index (χ4n) is 4.64. The number of hydrogen-bond acceptors (Lipinski definition) is 4. The number of benzene rings is 3. The molecule has 0 aliphatic heterocycles. The second-order valence-electron chi connectivity index (χ2n) is 9.33. The minimum atomic E-state index is -0.754. The van der Waals surface area contributed by atoms with Crippen molar-refractivity contribution in [3.8, 4) is 0 Å². The summed E-state index contributed by atoms with van der Waals surface area (Å²) < 4.78 is 17.8. The summed E-state index contributed by atoms with van der Waals surface area (Å²) in [5.41, 5.74) is 2.43. The summed E-state index contributed by atoms with van der Waals surface area (Å²) >= 11 is 0. The van der Waals surface area contributed by atoms with Crippen LogP contribution in [-0.4, -0.2) is 32.4 Å². The van der Waals surface area contributed by atoms with Gasteiger partial charge in [0.25, 0.3) is 0 Å². The minimum absolute atomic E-state index is 0.135. The fourth-order valence-corrected chi connectivity index (χ4v) is 4.64. The number of carbonyl (C=O) groups is 1. The first kappa shape index (κ1) is 28.6. The van der Waals surface area contributed by atoms with Crippen molar-refractivity contribution in [2.45, 2.75) is 63.9 Å². The van der Waals surface area contributed by atoms with Gasteiger partial charge in [-0.25, -0.2) is 0 Å². The van der Waals surface area contributed by atoms with Crippen LogP contribution in [0.1, 0.15) is 75.0 Å². The molecular weight excluding hydrogens is 460 g/mol. The number of ether oxygens (including phenoxy) is 3. The smallest absolute Gasteiger partial charge is 0.305 e. The summed E-state index contributed by atoms with van der Waals surface area (Å²) in [6.45, 7) is 3.66. The molecule has 4 heteroatoms. The van der Waals surface area contributed by atoms with Crippen LogP contribution in [0.4, 0.5) is 0 Å². The number of rotatable bonds is 18. The van der Waals surface area contributed by atoms with Gasteiger partial charge in [-0.1, -0.05) is 136 Å². The zero-order valence-electron chi connectivity index (χ0n) is 22.3. The van der Waals surface area contributed by atoms with E-state index in [4.69, 9.17) is 14.2 Å². The molecule has 0 atom stereocenters. The second kappa shape index (κ2) is 16.7. The summed E-state index contributed by atoms with van der Waals surface area (Å²) in [6, 6.07) is 30.9. The van der Waals surface area contributed by atoms with Crippen molar-refractivity contribution < 1.29 is 19.0 Å². The Hall–Kier alpha value is -2.95. The standard InChI is InChI=1S/C33H42O4/c1-2-3-4-5-6-7-17-24-32(34)36-27-25-35-26-28-37-33(29-18-11-8-12-19-29,30-20-13-9-14-21-30)31-22-15-10-16-23-31/h8-16,18-23H,2-7,17,24-28H2,1H3. The van der Waals surface area contributed by atoms with Crippen LogP contribution in [0.3, 0.4) is 0 Å². The zero-order valence-corrected chi connectivity index (χ0v) is 22.3. The summed E-state index contributed by atoms with van der Waals surface area (Å²) in [4.78, 5) is 12.0. The number of carbonyl (C=O) groups excluding carboxylic acids is 1. The van der Waals surface area contributed by atoms with Crippen molar-refractivity contribution in [2.75, 3.05) is 26.4 Å². The van der Waals surface area contributed by atoms with Crippen molar-refractivity contribution in [1.82, 2.24) is 0 Å². The molecule has 0 radical (unpaired) electrons. The lowest BCUT2D eigenvalue weighted by atomic mass is 9.80. The predicted molar refractivity (Wildman–Crippen MR) is 150 cm³/mol. The number of hydrogen-bond donors (Lipinski definition) is 0. The van der Waals surface area contributed by atoms with Gasteiger partial charge in [0.2, 0.25) is 0 Å². The third-order valence-electron chi connectivity index (χ3n) is 6.56. The highest BCUT2D eigenvalue weighted by Crippen LogP contribution is 2.40. The third kappa shape index (κ3) is 9.14. The third-order valence-corrected chi connectivity index (χ3v) is 6.56. The van der Waals surface area contributed by atoms with E-state index in [-0.39, 0.29) is 12.6 Å². The largest absolute Gasteiger partial charge is 0.463 e. The van der Waals surface area contributed by atoms with Crippen LogP contribution in [0.2, 0.25) is 0 Å². The van der Waals surface area contributed by atoms with Gasteiger partial charge in [0, 0.05) is 6.42 Å². The molecular formula is C33H42O4. The van der Waals surface area contributed by atoms with E-state index in [1.807, 2.05) is 54.6 Å². The molecule has 0 aliphatic rings. The van der Waals surface area contributed by atoms with Gasteiger partial charge >= 0.3 is 5.97 Å². The first-order valence-electron chi connectivity index (χ1n) is 13.8. The van der Waals surface area contributed by atoms with E-state index in [9.17, 15) is 4.79 Å². The topological polar surface area (TPSA) is 44.8 Å². The van der Waals surface area contributed by atoms with Crippen LogP contribution in [-0.2, 0) is 24.6 Å². The molecule has 37 heavy (non-hydrogen) atoms. The van der Waals surface area contributed by atoms with Crippen LogP contribution in [0.15, 0.2) is 91.0 Å². The van der Waals surface area contributed by atoms with E-state index in [1.54, 1.807) is 0 Å². The van der Waals surface area contributed by atoms with Crippen LogP contribution >= 0.6 is 0 Å². The Labute approximate surface area is 223 Å². The van der Waals surface area contributed by atoms with Crippen LogP contribution < -0.4 is 0 Å². The zero-order chi connectivity index (χ0) is 26.0. The van der Waals surface area contributed by atoms with Crippen molar-refractivity contribution >= 4 is 5.97 Å². The Bertz CT molecular complexity index is 892. The Morgan fingerprint density at radius 3 is 1.57 bits per heavy atom. The quantitative estimate of drug-likeness (QED) is 0.102. The van der Waals surface area contributed by atoms with Gasteiger partial charge in [-0.2, -0.15) is 0 Å². The molecule has 0 spiro atoms. The molecule has 0 unspecified atom stereocenters. The maximum atomic E-state index is 12.0. The SMILES string of the molecule is CCCCCCCCCC(=O)OCCOCCOC(c1ccccc1)(c1ccccc1)c1ccccc1. The normalized spacial score (nSPS) is 11.4. The van der Waals surface area contributed by atoms with Crippen LogP contribution in [0.25, 0.3) is 0 Å². The molecule has 0 saturated carbocycles. The molecule has 3 rings (SSSR count). The Morgan fingerprint density at radius 1 is 0.595 bits per heavy atom. The van der Waals surface area contributed by atoms with Crippen LogP contribution in [0, 0.1) is 0 Å². The van der Waals surface area contributed by atoms with Gasteiger partial charge in [0.15, 0.2) is 0 Å². The average molecular weight is 503 g/mol. The maximum Gasteiger partial charge on any atom is 0.305 e. The molecule has 4 nitrogen and oxygen atoms in total. The fraction of sp³-hybridized carbons (Fsp3) is 0.424. The predicted octanol–water partition coefficient (Wildman–Crippen LogP) is 7.70. The van der Waals surface area contributed by atoms with E-state index in [1.165, 1.54) is 32.1 Å². The molecule has 0 saturated heterocycles.